The van der Waals surface area contributed by atoms with Gasteiger partial charge < -0.3 is 9.84 Å². The van der Waals surface area contributed by atoms with Gasteiger partial charge in [-0.15, -0.1) is 11.8 Å². The van der Waals surface area contributed by atoms with Gasteiger partial charge in [-0.3, -0.25) is 0 Å². The summed E-state index contributed by atoms with van der Waals surface area (Å²) in [6, 6.07) is 5.70. The van der Waals surface area contributed by atoms with Crippen LogP contribution in [0.2, 0.25) is 0 Å². The van der Waals surface area contributed by atoms with E-state index in [4.69, 9.17) is 4.74 Å². The monoisotopic (exact) mass is 372 g/mol. The molecule has 2 nitrogen and oxygen atoms in total. The van der Waals surface area contributed by atoms with Crippen LogP contribution in [-0.2, 0) is 6.42 Å². The zero-order chi connectivity index (χ0) is 18.4. The van der Waals surface area contributed by atoms with Gasteiger partial charge in [-0.25, -0.2) is 17.6 Å². The summed E-state index contributed by atoms with van der Waals surface area (Å²) in [6.07, 6.45) is -2.63. The van der Waals surface area contributed by atoms with Gasteiger partial charge in [0.2, 0.25) is 0 Å². The first-order valence-electron chi connectivity index (χ1n) is 7.69. The van der Waals surface area contributed by atoms with Crippen molar-refractivity contribution in [1.29, 1.82) is 0 Å². The van der Waals surface area contributed by atoms with Crippen LogP contribution in [0.15, 0.2) is 35.2 Å². The lowest BCUT2D eigenvalue weighted by Gasteiger charge is -2.17. The molecule has 2 aromatic carbocycles. The Balaban J connectivity index is 2.05. The number of aliphatic hydroxyl groups excluding tert-OH is 1. The smallest absolute Gasteiger partial charge is 0.281 e. The molecule has 0 spiro atoms. The van der Waals surface area contributed by atoms with Gasteiger partial charge in [-0.2, -0.15) is 0 Å². The van der Waals surface area contributed by atoms with Crippen LogP contribution >= 0.6 is 11.8 Å². The number of benzene rings is 2. The van der Waals surface area contributed by atoms with E-state index in [0.29, 0.717) is 11.0 Å². The fourth-order valence-corrected chi connectivity index (χ4v) is 3.83. The van der Waals surface area contributed by atoms with E-state index in [1.165, 1.54) is 17.8 Å². The second kappa shape index (κ2) is 6.53. The average molecular weight is 372 g/mol. The first-order valence-corrected chi connectivity index (χ1v) is 8.57. The minimum Gasteiger partial charge on any atom is -0.457 e. The van der Waals surface area contributed by atoms with E-state index < -0.39 is 30.1 Å². The van der Waals surface area contributed by atoms with Crippen molar-refractivity contribution in [3.8, 4) is 11.5 Å². The van der Waals surface area contributed by atoms with Gasteiger partial charge in [-0.1, -0.05) is 13.8 Å². The third-order valence-corrected chi connectivity index (χ3v) is 4.87. The number of hydrogen-bond acceptors (Lipinski definition) is 3. The molecule has 0 heterocycles. The van der Waals surface area contributed by atoms with Crippen LogP contribution in [0.1, 0.15) is 31.1 Å². The van der Waals surface area contributed by atoms with Gasteiger partial charge in [0.1, 0.15) is 29.2 Å². The molecule has 0 saturated heterocycles. The Morgan fingerprint density at radius 2 is 1.80 bits per heavy atom. The quantitative estimate of drug-likeness (QED) is 0.569. The number of thioether (sulfide) groups is 1. The maximum absolute atomic E-state index is 14.1. The van der Waals surface area contributed by atoms with Crippen LogP contribution in [0, 0.1) is 11.6 Å². The van der Waals surface area contributed by atoms with Crippen molar-refractivity contribution in [2.75, 3.05) is 0 Å². The van der Waals surface area contributed by atoms with Crippen molar-refractivity contribution < 1.29 is 27.4 Å². The maximum Gasteiger partial charge on any atom is 0.281 e. The Bertz CT molecular complexity index is 788. The number of rotatable bonds is 4. The molecule has 1 atom stereocenters. The van der Waals surface area contributed by atoms with E-state index in [2.05, 4.69) is 0 Å². The molecule has 1 aliphatic carbocycles. The topological polar surface area (TPSA) is 29.5 Å². The van der Waals surface area contributed by atoms with E-state index in [9.17, 15) is 22.7 Å². The van der Waals surface area contributed by atoms with Crippen molar-refractivity contribution in [1.82, 2.24) is 0 Å². The predicted molar refractivity (Wildman–Crippen MR) is 87.5 cm³/mol. The van der Waals surface area contributed by atoms with Crippen molar-refractivity contribution in [2.24, 2.45) is 0 Å². The molecule has 0 saturated carbocycles. The number of halogens is 4. The van der Waals surface area contributed by atoms with Gasteiger partial charge in [0.25, 0.3) is 5.92 Å². The van der Waals surface area contributed by atoms with E-state index in [1.54, 1.807) is 6.07 Å². The number of fused-ring (bicyclic) bond motifs is 1. The highest BCUT2D eigenvalue weighted by molar-refractivity contribution is 8.00. The van der Waals surface area contributed by atoms with Gasteiger partial charge in [0.15, 0.2) is 0 Å². The summed E-state index contributed by atoms with van der Waals surface area (Å²) in [7, 11) is 0. The highest BCUT2D eigenvalue weighted by atomic mass is 32.2. The first kappa shape index (κ1) is 18.1. The minimum atomic E-state index is -3.32. The summed E-state index contributed by atoms with van der Waals surface area (Å²) in [5.41, 5.74) is 0.283. The fraction of sp³-hybridized carbons (Fsp3) is 0.333. The summed E-state index contributed by atoms with van der Waals surface area (Å²) in [4.78, 5) is 0.549. The zero-order valence-electron chi connectivity index (χ0n) is 13.5. The molecule has 0 aromatic heterocycles. The molecule has 0 radical (unpaired) electrons. The van der Waals surface area contributed by atoms with Crippen LogP contribution in [0.3, 0.4) is 0 Å². The molecule has 7 heteroatoms. The number of ether oxygens (including phenoxy) is 1. The van der Waals surface area contributed by atoms with Crippen molar-refractivity contribution in [2.45, 2.75) is 42.4 Å². The molecule has 0 fully saturated rings. The molecule has 0 unspecified atom stereocenters. The van der Waals surface area contributed by atoms with Crippen LogP contribution in [0.25, 0.3) is 0 Å². The Kier molecular flexibility index (Phi) is 4.72. The first-order chi connectivity index (χ1) is 11.7. The van der Waals surface area contributed by atoms with Crippen LogP contribution in [-0.4, -0.2) is 16.3 Å². The SMILES string of the molecule is CC(C)Sc1ccc(Oc2cc(F)cc(F)c2)c2c1[C@H](O)C(F)(F)C2. The van der Waals surface area contributed by atoms with Crippen LogP contribution < -0.4 is 4.74 Å². The molecule has 0 amide bonds. The molecule has 0 bridgehead atoms. The summed E-state index contributed by atoms with van der Waals surface area (Å²) in [5.74, 6) is -5.05. The lowest BCUT2D eigenvalue weighted by atomic mass is 10.1. The van der Waals surface area contributed by atoms with E-state index in [-0.39, 0.29) is 27.9 Å². The third kappa shape index (κ3) is 3.62. The summed E-state index contributed by atoms with van der Waals surface area (Å²) in [6.45, 7) is 3.83. The van der Waals surface area contributed by atoms with Crippen molar-refractivity contribution >= 4 is 11.8 Å². The van der Waals surface area contributed by atoms with Crippen LogP contribution in [0.5, 0.6) is 11.5 Å². The third-order valence-electron chi connectivity index (χ3n) is 3.79. The average Bonchev–Trinajstić information content (AvgIpc) is 2.71. The zero-order valence-corrected chi connectivity index (χ0v) is 14.3. The molecule has 134 valence electrons. The van der Waals surface area contributed by atoms with Gasteiger partial charge in [-0.05, 0) is 12.1 Å². The Morgan fingerprint density at radius 3 is 2.40 bits per heavy atom. The molecule has 1 aliphatic rings. The van der Waals surface area contributed by atoms with E-state index >= 15 is 0 Å². The highest BCUT2D eigenvalue weighted by Gasteiger charge is 2.49. The maximum atomic E-state index is 14.1. The molecule has 0 aliphatic heterocycles. The molecule has 25 heavy (non-hydrogen) atoms. The molecular weight excluding hydrogens is 356 g/mol. The molecule has 2 aromatic rings. The fourth-order valence-electron chi connectivity index (χ4n) is 2.82. The van der Waals surface area contributed by atoms with Crippen molar-refractivity contribution in [3.63, 3.8) is 0 Å². The Hall–Kier alpha value is -1.73. The Morgan fingerprint density at radius 1 is 1.16 bits per heavy atom. The predicted octanol–water partition coefficient (Wildman–Crippen LogP) is 5.48. The van der Waals surface area contributed by atoms with Gasteiger partial charge in [0.05, 0.1) is 0 Å². The largest absolute Gasteiger partial charge is 0.457 e. The van der Waals surface area contributed by atoms with E-state index in [1.807, 2.05) is 13.8 Å². The lowest BCUT2D eigenvalue weighted by Crippen LogP contribution is -2.21. The Labute approximate surface area is 146 Å². The summed E-state index contributed by atoms with van der Waals surface area (Å²) < 4.78 is 60.2. The molecule has 1 N–H and O–H groups in total. The summed E-state index contributed by atoms with van der Waals surface area (Å²) >= 11 is 1.36. The summed E-state index contributed by atoms with van der Waals surface area (Å²) in [5, 5.41) is 10.2. The second-order valence-corrected chi connectivity index (χ2v) is 7.79. The lowest BCUT2D eigenvalue weighted by molar-refractivity contribution is -0.0976. The van der Waals surface area contributed by atoms with Gasteiger partial charge in [0, 0.05) is 45.9 Å². The molecule has 3 rings (SSSR count). The second-order valence-electron chi connectivity index (χ2n) is 6.17. The molecular formula is C18H16F4O2S. The number of alkyl halides is 2. The van der Waals surface area contributed by atoms with E-state index in [0.717, 1.165) is 12.1 Å². The van der Waals surface area contributed by atoms with Crippen molar-refractivity contribution in [3.05, 3.63) is 53.1 Å². The van der Waals surface area contributed by atoms with Gasteiger partial charge >= 0.3 is 0 Å². The standard InChI is InChI=1S/C18H16F4O2S/c1-9(2)25-15-4-3-14(13-8-18(21,22)17(23)16(13)15)24-12-6-10(19)5-11(20)7-12/h3-7,9,17,23H,8H2,1-2H3/t17-/m0/s1. The number of aliphatic hydroxyl groups is 1. The van der Waals surface area contributed by atoms with Crippen LogP contribution in [0.4, 0.5) is 17.6 Å². The minimum absolute atomic E-state index is 0.0596. The number of hydrogen-bond donors (Lipinski definition) is 1. The normalized spacial score (nSPS) is 18.5. The highest BCUT2D eigenvalue weighted by Crippen LogP contribution is 2.51.